The molecule has 2 heterocycles. The average molecular weight is 357 g/mol. The van der Waals surface area contributed by atoms with Gasteiger partial charge in [-0.15, -0.1) is 0 Å². The van der Waals surface area contributed by atoms with Crippen molar-refractivity contribution in [3.05, 3.63) is 34.6 Å². The highest BCUT2D eigenvalue weighted by molar-refractivity contribution is 8.00. The van der Waals surface area contributed by atoms with E-state index in [2.05, 4.69) is 5.32 Å². The summed E-state index contributed by atoms with van der Waals surface area (Å²) in [5.41, 5.74) is 0.757. The van der Waals surface area contributed by atoms with Crippen LogP contribution in [0, 0.1) is 0 Å². The molecule has 2 fully saturated rings. The molecule has 0 unspecified atom stereocenters. The Morgan fingerprint density at radius 2 is 1.80 bits per heavy atom. The van der Waals surface area contributed by atoms with Crippen LogP contribution in [0.25, 0.3) is 10.9 Å². The summed E-state index contributed by atoms with van der Waals surface area (Å²) in [6.07, 6.45) is 7.22. The summed E-state index contributed by atoms with van der Waals surface area (Å²) in [4.78, 5) is 30.3. The quantitative estimate of drug-likeness (QED) is 0.857. The molecule has 1 aliphatic heterocycles. The number of carbonyl (C=O) groups excluding carboxylic acids is 1. The fourth-order valence-corrected chi connectivity index (χ4v) is 5.07. The van der Waals surface area contributed by atoms with E-state index < -0.39 is 0 Å². The van der Waals surface area contributed by atoms with Crippen LogP contribution in [0.1, 0.15) is 51.0 Å². The van der Waals surface area contributed by atoms with Crippen molar-refractivity contribution in [1.82, 2.24) is 14.9 Å². The summed E-state index contributed by atoms with van der Waals surface area (Å²) in [5, 5.41) is 4.19. The summed E-state index contributed by atoms with van der Waals surface area (Å²) in [7, 11) is 0. The van der Waals surface area contributed by atoms with Gasteiger partial charge in [0.1, 0.15) is 0 Å². The van der Waals surface area contributed by atoms with Crippen LogP contribution in [0.15, 0.2) is 34.2 Å². The number of rotatable bonds is 3. The van der Waals surface area contributed by atoms with Gasteiger partial charge in [-0.25, -0.2) is 4.98 Å². The summed E-state index contributed by atoms with van der Waals surface area (Å²) in [6, 6.07) is 7.73. The highest BCUT2D eigenvalue weighted by Gasteiger charge is 2.28. The maximum absolute atomic E-state index is 13.1. The molecular weight excluding hydrogens is 334 g/mol. The summed E-state index contributed by atoms with van der Waals surface area (Å²) in [6.45, 7) is 0.747. The number of amides is 1. The van der Waals surface area contributed by atoms with Gasteiger partial charge in [-0.1, -0.05) is 43.2 Å². The molecule has 1 aromatic carbocycles. The molecule has 1 aliphatic carbocycles. The van der Waals surface area contributed by atoms with E-state index in [4.69, 9.17) is 4.98 Å². The molecule has 0 spiro atoms. The van der Waals surface area contributed by atoms with Gasteiger partial charge < -0.3 is 5.32 Å². The Balaban J connectivity index is 1.79. The minimum atomic E-state index is -0.164. The van der Waals surface area contributed by atoms with Gasteiger partial charge in [-0.2, -0.15) is 0 Å². The highest BCUT2D eigenvalue weighted by Crippen LogP contribution is 2.34. The first-order valence-electron chi connectivity index (χ1n) is 9.20. The molecule has 1 aromatic heterocycles. The Kier molecular flexibility index (Phi) is 4.79. The van der Waals surface area contributed by atoms with Gasteiger partial charge in [-0.05, 0) is 37.8 Å². The second-order valence-corrected chi connectivity index (χ2v) is 8.09. The van der Waals surface area contributed by atoms with Gasteiger partial charge in [-0.3, -0.25) is 14.2 Å². The van der Waals surface area contributed by atoms with E-state index in [0.29, 0.717) is 10.5 Å². The van der Waals surface area contributed by atoms with Crippen molar-refractivity contribution < 1.29 is 4.79 Å². The van der Waals surface area contributed by atoms with Crippen molar-refractivity contribution in [2.75, 3.05) is 6.54 Å². The third-order valence-electron chi connectivity index (χ3n) is 5.20. The molecule has 0 bridgehead atoms. The molecule has 25 heavy (non-hydrogen) atoms. The van der Waals surface area contributed by atoms with Crippen LogP contribution in [0.3, 0.4) is 0 Å². The number of fused-ring (bicyclic) bond motifs is 1. The SMILES string of the molecule is O=C1NCCCC[C@H]1Sc1nc2ccccc2c(=O)n1C1CCCC1. The fourth-order valence-electron chi connectivity index (χ4n) is 3.84. The Morgan fingerprint density at radius 3 is 2.64 bits per heavy atom. The minimum Gasteiger partial charge on any atom is -0.355 e. The van der Waals surface area contributed by atoms with Gasteiger partial charge in [0, 0.05) is 12.6 Å². The average Bonchev–Trinajstić information content (AvgIpc) is 3.07. The van der Waals surface area contributed by atoms with E-state index in [9.17, 15) is 9.59 Å². The van der Waals surface area contributed by atoms with Crippen LogP contribution >= 0.6 is 11.8 Å². The molecule has 5 nitrogen and oxygen atoms in total. The van der Waals surface area contributed by atoms with Crippen molar-refractivity contribution >= 4 is 28.6 Å². The van der Waals surface area contributed by atoms with Crippen LogP contribution < -0.4 is 10.9 Å². The van der Waals surface area contributed by atoms with E-state index >= 15 is 0 Å². The maximum atomic E-state index is 13.1. The van der Waals surface area contributed by atoms with E-state index in [0.717, 1.165) is 57.0 Å². The number of hydrogen-bond donors (Lipinski definition) is 1. The second kappa shape index (κ2) is 7.20. The summed E-state index contributed by atoms with van der Waals surface area (Å²) < 4.78 is 1.87. The molecule has 2 aromatic rings. The monoisotopic (exact) mass is 357 g/mol. The number of thioether (sulfide) groups is 1. The van der Waals surface area contributed by atoms with Crippen LogP contribution in [0.5, 0.6) is 0 Å². The third kappa shape index (κ3) is 3.32. The Morgan fingerprint density at radius 1 is 1.04 bits per heavy atom. The number of benzene rings is 1. The molecular formula is C19H23N3O2S. The fraction of sp³-hybridized carbons (Fsp3) is 0.526. The van der Waals surface area contributed by atoms with Gasteiger partial charge in [0.15, 0.2) is 5.16 Å². The number of carbonyl (C=O) groups is 1. The molecule has 0 radical (unpaired) electrons. The molecule has 1 atom stereocenters. The standard InChI is InChI=1S/C19H23N3O2S/c23-17-16(11-5-6-12-20-17)25-19-21-15-10-4-3-9-14(15)18(24)22(19)13-7-1-2-8-13/h3-4,9-10,13,16H,1-2,5-8,11-12H2,(H,20,23)/t16-/m1/s1. The highest BCUT2D eigenvalue weighted by atomic mass is 32.2. The van der Waals surface area contributed by atoms with Crippen molar-refractivity contribution in [3.8, 4) is 0 Å². The molecule has 4 rings (SSSR count). The number of hydrogen-bond acceptors (Lipinski definition) is 4. The first-order chi connectivity index (χ1) is 12.2. The minimum absolute atomic E-state index is 0.0361. The summed E-state index contributed by atoms with van der Waals surface area (Å²) in [5.74, 6) is 0.0721. The van der Waals surface area contributed by atoms with Gasteiger partial charge in [0.25, 0.3) is 5.56 Å². The second-order valence-electron chi connectivity index (χ2n) is 6.92. The Labute approximate surface area is 151 Å². The zero-order valence-electron chi connectivity index (χ0n) is 14.2. The largest absolute Gasteiger partial charge is 0.355 e. The molecule has 1 N–H and O–H groups in total. The first-order valence-corrected chi connectivity index (χ1v) is 10.1. The first kappa shape index (κ1) is 16.6. The Bertz CT molecular complexity index is 842. The zero-order valence-corrected chi connectivity index (χ0v) is 15.1. The topological polar surface area (TPSA) is 64.0 Å². The summed E-state index contributed by atoms with van der Waals surface area (Å²) >= 11 is 1.47. The van der Waals surface area contributed by atoms with E-state index in [1.54, 1.807) is 0 Å². The van der Waals surface area contributed by atoms with E-state index in [-0.39, 0.29) is 22.8 Å². The third-order valence-corrected chi connectivity index (χ3v) is 6.43. The molecule has 1 saturated heterocycles. The van der Waals surface area contributed by atoms with Gasteiger partial charge in [0.2, 0.25) is 5.91 Å². The number of para-hydroxylation sites is 1. The van der Waals surface area contributed by atoms with Crippen molar-refractivity contribution in [1.29, 1.82) is 0 Å². The predicted molar refractivity (Wildman–Crippen MR) is 100 cm³/mol. The van der Waals surface area contributed by atoms with E-state index in [1.807, 2.05) is 28.8 Å². The number of nitrogens with zero attached hydrogens (tertiary/aromatic N) is 2. The van der Waals surface area contributed by atoms with Crippen molar-refractivity contribution in [3.63, 3.8) is 0 Å². The lowest BCUT2D eigenvalue weighted by Gasteiger charge is -2.21. The predicted octanol–water partition coefficient (Wildman–Crippen LogP) is 3.27. The van der Waals surface area contributed by atoms with Crippen molar-refractivity contribution in [2.24, 2.45) is 0 Å². The normalized spacial score (nSPS) is 22.1. The van der Waals surface area contributed by atoms with Crippen LogP contribution in [0.4, 0.5) is 0 Å². The lowest BCUT2D eigenvalue weighted by molar-refractivity contribution is -0.120. The lowest BCUT2D eigenvalue weighted by Crippen LogP contribution is -2.32. The molecule has 2 aliphatic rings. The zero-order chi connectivity index (χ0) is 17.2. The number of aromatic nitrogens is 2. The van der Waals surface area contributed by atoms with Crippen LogP contribution in [-0.2, 0) is 4.79 Å². The van der Waals surface area contributed by atoms with Crippen LogP contribution in [0.2, 0.25) is 0 Å². The molecule has 132 valence electrons. The maximum Gasteiger partial charge on any atom is 0.262 e. The molecule has 6 heteroatoms. The Hall–Kier alpha value is -1.82. The molecule has 1 amide bonds. The number of nitrogens with one attached hydrogen (secondary N) is 1. The molecule has 1 saturated carbocycles. The van der Waals surface area contributed by atoms with Gasteiger partial charge >= 0.3 is 0 Å². The van der Waals surface area contributed by atoms with Gasteiger partial charge in [0.05, 0.1) is 16.2 Å². The smallest absolute Gasteiger partial charge is 0.262 e. The van der Waals surface area contributed by atoms with Crippen molar-refractivity contribution in [2.45, 2.75) is 61.4 Å². The lowest BCUT2D eigenvalue weighted by atomic mass is 10.2. The van der Waals surface area contributed by atoms with E-state index in [1.165, 1.54) is 11.8 Å². The van der Waals surface area contributed by atoms with Crippen LogP contribution in [-0.4, -0.2) is 27.3 Å².